The van der Waals surface area contributed by atoms with E-state index in [1.165, 1.54) is 7.11 Å². The van der Waals surface area contributed by atoms with Crippen LogP contribution in [-0.4, -0.2) is 16.8 Å². The first kappa shape index (κ1) is 23.5. The van der Waals surface area contributed by atoms with Gasteiger partial charge in [-0.15, -0.1) is 4.74 Å². The minimum Gasteiger partial charge on any atom is -0.493 e. The van der Waals surface area contributed by atoms with E-state index in [1.807, 2.05) is 24.3 Å². The Labute approximate surface area is 204 Å². The molecule has 3 aromatic carbocycles. The lowest BCUT2D eigenvalue weighted by Gasteiger charge is -2.18. The van der Waals surface area contributed by atoms with E-state index in [9.17, 15) is 9.59 Å². The van der Waals surface area contributed by atoms with Crippen molar-refractivity contribution in [1.29, 1.82) is 0 Å². The lowest BCUT2D eigenvalue weighted by Crippen LogP contribution is -2.17. The molecule has 0 saturated heterocycles. The second-order valence-corrected chi connectivity index (χ2v) is 8.18. The maximum Gasteiger partial charge on any atom is 0.440 e. The highest BCUT2D eigenvalue weighted by atomic mass is 35.5. The zero-order chi connectivity index (χ0) is 24.1. The number of methoxy groups -OCH3 is 1. The van der Waals surface area contributed by atoms with Crippen LogP contribution in [0.4, 0.5) is 0 Å². The molecular formula is C24H20Cl2N2O6. The summed E-state index contributed by atoms with van der Waals surface area (Å²) in [7, 11) is 1.49. The number of aromatic nitrogens is 2. The number of nitrogens with one attached hydrogen (secondary N) is 1. The number of H-pyrrole nitrogens is 1. The zero-order valence-corrected chi connectivity index (χ0v) is 19.6. The number of nitrogens with zero attached hydrogens (tertiary/aromatic N) is 1. The van der Waals surface area contributed by atoms with E-state index in [1.54, 1.807) is 36.4 Å². The van der Waals surface area contributed by atoms with Gasteiger partial charge in [0, 0.05) is 10.0 Å². The molecule has 8 nitrogen and oxygen atoms in total. The van der Waals surface area contributed by atoms with Gasteiger partial charge >= 0.3 is 11.4 Å². The van der Waals surface area contributed by atoms with Gasteiger partial charge < -0.3 is 18.7 Å². The summed E-state index contributed by atoms with van der Waals surface area (Å²) in [5.41, 5.74) is 1.65. The fraction of sp³-hybridized carbons (Fsp3) is 0.167. The SMILES string of the molecule is COc1cc(Cn2oc(=O)[nH]c2=O)cc(OCc2cccc(Cl)c2)c1OCc1cccc(Cl)c1. The molecule has 10 heteroatoms. The van der Waals surface area contributed by atoms with Crippen molar-refractivity contribution in [3.63, 3.8) is 0 Å². The molecule has 0 unspecified atom stereocenters. The molecule has 4 rings (SSSR count). The van der Waals surface area contributed by atoms with Crippen molar-refractivity contribution in [3.8, 4) is 17.2 Å². The first-order valence-corrected chi connectivity index (χ1v) is 10.9. The first-order chi connectivity index (χ1) is 16.4. The molecule has 1 N–H and O–H groups in total. The van der Waals surface area contributed by atoms with Gasteiger partial charge in [-0.3, -0.25) is 0 Å². The van der Waals surface area contributed by atoms with Crippen molar-refractivity contribution in [2.45, 2.75) is 19.8 Å². The summed E-state index contributed by atoms with van der Waals surface area (Å²) in [6, 6.07) is 18.0. The fourth-order valence-corrected chi connectivity index (χ4v) is 3.70. The summed E-state index contributed by atoms with van der Waals surface area (Å²) in [6.07, 6.45) is 0. The summed E-state index contributed by atoms with van der Waals surface area (Å²) in [4.78, 5) is 25.3. The lowest BCUT2D eigenvalue weighted by molar-refractivity contribution is 0.241. The molecule has 0 saturated carbocycles. The van der Waals surface area contributed by atoms with E-state index in [0.29, 0.717) is 32.9 Å². The summed E-state index contributed by atoms with van der Waals surface area (Å²) in [5, 5.41) is 1.19. The Bertz CT molecular complexity index is 1410. The molecule has 0 aliphatic heterocycles. The van der Waals surface area contributed by atoms with Gasteiger partial charge in [0.2, 0.25) is 5.75 Å². The third-order valence-electron chi connectivity index (χ3n) is 4.81. The highest BCUT2D eigenvalue weighted by Crippen LogP contribution is 2.40. The Morgan fingerprint density at radius 3 is 2.03 bits per heavy atom. The van der Waals surface area contributed by atoms with Crippen LogP contribution in [0, 0.1) is 0 Å². The second kappa shape index (κ2) is 10.5. The Hall–Kier alpha value is -3.62. The Balaban J connectivity index is 1.66. The highest BCUT2D eigenvalue weighted by molar-refractivity contribution is 6.30. The Morgan fingerprint density at radius 1 is 0.853 bits per heavy atom. The average molecular weight is 503 g/mol. The molecule has 4 aromatic rings. The van der Waals surface area contributed by atoms with Crippen LogP contribution < -0.4 is 25.7 Å². The zero-order valence-electron chi connectivity index (χ0n) is 18.0. The molecule has 0 amide bonds. The van der Waals surface area contributed by atoms with Crippen LogP contribution in [0.5, 0.6) is 17.2 Å². The Kier molecular flexibility index (Phi) is 7.30. The predicted molar refractivity (Wildman–Crippen MR) is 127 cm³/mol. The molecule has 0 atom stereocenters. The number of benzene rings is 3. The van der Waals surface area contributed by atoms with Gasteiger partial charge in [0.25, 0.3) is 0 Å². The summed E-state index contributed by atoms with van der Waals surface area (Å²) in [6.45, 7) is 0.409. The van der Waals surface area contributed by atoms with E-state index in [0.717, 1.165) is 15.9 Å². The molecule has 0 bridgehead atoms. The number of aromatic amines is 1. The molecular weight excluding hydrogens is 483 g/mol. The molecule has 0 radical (unpaired) electrons. The van der Waals surface area contributed by atoms with E-state index < -0.39 is 11.4 Å². The maximum absolute atomic E-state index is 11.9. The van der Waals surface area contributed by atoms with Crippen molar-refractivity contribution in [2.24, 2.45) is 0 Å². The minimum atomic E-state index is -0.837. The van der Waals surface area contributed by atoms with Crippen molar-refractivity contribution in [2.75, 3.05) is 7.11 Å². The summed E-state index contributed by atoms with van der Waals surface area (Å²) >= 11 is 12.2. The van der Waals surface area contributed by atoms with Crippen LogP contribution in [0.3, 0.4) is 0 Å². The van der Waals surface area contributed by atoms with Crippen molar-refractivity contribution >= 4 is 23.2 Å². The quantitative estimate of drug-likeness (QED) is 0.357. The smallest absolute Gasteiger partial charge is 0.440 e. The topological polar surface area (TPSA) is 95.7 Å². The standard InChI is InChI=1S/C24H20Cl2N2O6/c1-31-20-10-17(12-28-23(29)27-24(30)34-28)11-21(32-13-15-4-2-6-18(25)8-15)22(20)33-14-16-5-3-7-19(26)9-16/h2-11H,12-14H2,1H3,(H,27,29,30). The van der Waals surface area contributed by atoms with Gasteiger partial charge in [-0.2, -0.15) is 0 Å². The fourth-order valence-electron chi connectivity index (χ4n) is 3.28. The lowest BCUT2D eigenvalue weighted by atomic mass is 10.1. The van der Waals surface area contributed by atoms with Crippen LogP contribution >= 0.6 is 23.2 Å². The second-order valence-electron chi connectivity index (χ2n) is 7.31. The predicted octanol–water partition coefficient (Wildman–Crippen LogP) is 4.65. The molecule has 0 aliphatic rings. The number of ether oxygens (including phenoxy) is 3. The largest absolute Gasteiger partial charge is 0.493 e. The van der Waals surface area contributed by atoms with Gasteiger partial charge in [-0.05, 0) is 53.1 Å². The van der Waals surface area contributed by atoms with Crippen LogP contribution in [-0.2, 0) is 19.8 Å². The van der Waals surface area contributed by atoms with Crippen LogP contribution in [0.15, 0.2) is 74.8 Å². The third-order valence-corrected chi connectivity index (χ3v) is 5.28. The molecule has 34 heavy (non-hydrogen) atoms. The number of hydrogen-bond donors (Lipinski definition) is 1. The maximum atomic E-state index is 11.9. The van der Waals surface area contributed by atoms with E-state index >= 15 is 0 Å². The van der Waals surface area contributed by atoms with Crippen LogP contribution in [0.1, 0.15) is 16.7 Å². The number of rotatable bonds is 9. The summed E-state index contributed by atoms with van der Waals surface area (Å²) in [5.74, 6) is 0.292. The molecule has 0 spiro atoms. The number of hydrogen-bond acceptors (Lipinski definition) is 6. The van der Waals surface area contributed by atoms with Gasteiger partial charge in [0.1, 0.15) is 13.2 Å². The van der Waals surface area contributed by atoms with Crippen molar-refractivity contribution in [3.05, 3.63) is 108 Å². The monoisotopic (exact) mass is 502 g/mol. The normalized spacial score (nSPS) is 10.8. The number of halogens is 2. The van der Waals surface area contributed by atoms with Crippen molar-refractivity contribution < 1.29 is 18.7 Å². The molecule has 1 aromatic heterocycles. The van der Waals surface area contributed by atoms with Gasteiger partial charge in [0.05, 0.1) is 13.7 Å². The highest BCUT2D eigenvalue weighted by Gasteiger charge is 2.17. The van der Waals surface area contributed by atoms with Gasteiger partial charge in [-0.1, -0.05) is 47.5 Å². The van der Waals surface area contributed by atoms with E-state index in [4.69, 9.17) is 41.9 Å². The molecule has 0 aliphatic carbocycles. The molecule has 0 fully saturated rings. The van der Waals surface area contributed by atoms with Crippen LogP contribution in [0.25, 0.3) is 0 Å². The van der Waals surface area contributed by atoms with Gasteiger partial charge in [0.15, 0.2) is 11.5 Å². The first-order valence-electron chi connectivity index (χ1n) is 10.2. The Morgan fingerprint density at radius 2 is 1.47 bits per heavy atom. The third kappa shape index (κ3) is 5.84. The van der Waals surface area contributed by atoms with Gasteiger partial charge in [-0.25, -0.2) is 14.6 Å². The average Bonchev–Trinajstić information content (AvgIpc) is 3.12. The van der Waals surface area contributed by atoms with Crippen LogP contribution in [0.2, 0.25) is 10.0 Å². The van der Waals surface area contributed by atoms with Crippen molar-refractivity contribution in [1.82, 2.24) is 9.72 Å². The van der Waals surface area contributed by atoms with E-state index in [-0.39, 0.29) is 19.8 Å². The summed E-state index contributed by atoms with van der Waals surface area (Å²) < 4.78 is 23.5. The van der Waals surface area contributed by atoms with E-state index in [2.05, 4.69) is 4.98 Å². The molecule has 176 valence electrons. The molecule has 1 heterocycles. The minimum absolute atomic E-state index is 0.0178.